The Hall–Kier alpha value is -3.27. The van der Waals surface area contributed by atoms with Gasteiger partial charge in [-0.2, -0.15) is 10.2 Å². The number of nitrogens with zero attached hydrogens (tertiary/aromatic N) is 2. The lowest BCUT2D eigenvalue weighted by Crippen LogP contribution is -1.93. The fourth-order valence-corrected chi connectivity index (χ4v) is 2.16. The molecule has 3 rings (SSSR count). The zero-order valence-electron chi connectivity index (χ0n) is 12.3. The number of carboxylic acids is 1. The number of hydrogen-bond acceptors (Lipinski definition) is 3. The Balaban J connectivity index is 1.81. The molecular weight excluding hydrogens is 288 g/mol. The van der Waals surface area contributed by atoms with Gasteiger partial charge in [-0.3, -0.25) is 0 Å². The molecule has 0 bridgehead atoms. The maximum absolute atomic E-state index is 10.8. The van der Waals surface area contributed by atoms with E-state index in [1.54, 1.807) is 12.1 Å². The van der Waals surface area contributed by atoms with E-state index < -0.39 is 5.97 Å². The SMILES string of the molecule is O=C(O)c1ccc(/N=N/c2cccc(-c3ccccc3)c2)cc1. The first kappa shape index (κ1) is 14.7. The zero-order chi connectivity index (χ0) is 16.1. The second kappa shape index (κ2) is 6.66. The van der Waals surface area contributed by atoms with E-state index in [0.29, 0.717) is 5.69 Å². The van der Waals surface area contributed by atoms with Crippen molar-refractivity contribution in [1.29, 1.82) is 0 Å². The van der Waals surface area contributed by atoms with Crippen LogP contribution in [0, 0.1) is 0 Å². The summed E-state index contributed by atoms with van der Waals surface area (Å²) in [5.74, 6) is -0.955. The molecule has 1 N–H and O–H groups in total. The lowest BCUT2D eigenvalue weighted by molar-refractivity contribution is 0.0697. The van der Waals surface area contributed by atoms with Crippen LogP contribution in [0.25, 0.3) is 11.1 Å². The summed E-state index contributed by atoms with van der Waals surface area (Å²) in [6, 6.07) is 24.1. The number of carbonyl (C=O) groups is 1. The second-order valence-electron chi connectivity index (χ2n) is 4.97. The van der Waals surface area contributed by atoms with E-state index in [1.165, 1.54) is 12.1 Å². The molecule has 0 atom stereocenters. The van der Waals surface area contributed by atoms with E-state index in [4.69, 9.17) is 5.11 Å². The van der Waals surface area contributed by atoms with E-state index in [-0.39, 0.29) is 5.56 Å². The minimum Gasteiger partial charge on any atom is -0.478 e. The van der Waals surface area contributed by atoms with Crippen LogP contribution in [0.3, 0.4) is 0 Å². The summed E-state index contributed by atoms with van der Waals surface area (Å²) < 4.78 is 0. The first-order valence-corrected chi connectivity index (χ1v) is 7.13. The summed E-state index contributed by atoms with van der Waals surface area (Å²) in [5.41, 5.74) is 3.78. The van der Waals surface area contributed by atoms with Gasteiger partial charge >= 0.3 is 5.97 Å². The Morgan fingerprint density at radius 1 is 0.696 bits per heavy atom. The van der Waals surface area contributed by atoms with Gasteiger partial charge in [-0.15, -0.1) is 0 Å². The third kappa shape index (κ3) is 3.68. The standard InChI is InChI=1S/C19H14N2O2/c22-19(23)15-9-11-17(12-10-15)20-21-18-8-4-7-16(13-18)14-5-2-1-3-6-14/h1-13H,(H,22,23)/b21-20+. The summed E-state index contributed by atoms with van der Waals surface area (Å²) in [4.78, 5) is 10.8. The van der Waals surface area contributed by atoms with Crippen LogP contribution < -0.4 is 0 Å². The predicted octanol–water partition coefficient (Wildman–Crippen LogP) is 5.47. The molecule has 0 aliphatic rings. The van der Waals surface area contributed by atoms with Crippen LogP contribution in [0.2, 0.25) is 0 Å². The average Bonchev–Trinajstić information content (AvgIpc) is 2.61. The van der Waals surface area contributed by atoms with E-state index in [1.807, 2.05) is 54.6 Å². The third-order valence-corrected chi connectivity index (χ3v) is 3.35. The Kier molecular flexibility index (Phi) is 4.25. The van der Waals surface area contributed by atoms with Crippen LogP contribution in [0.1, 0.15) is 10.4 Å². The number of carboxylic acid groups (broad SMARTS) is 1. The van der Waals surface area contributed by atoms with Crippen LogP contribution >= 0.6 is 0 Å². The maximum atomic E-state index is 10.8. The van der Waals surface area contributed by atoms with Crippen molar-refractivity contribution < 1.29 is 9.90 Å². The van der Waals surface area contributed by atoms with Crippen molar-refractivity contribution in [2.45, 2.75) is 0 Å². The molecule has 0 unspecified atom stereocenters. The molecule has 0 aromatic heterocycles. The van der Waals surface area contributed by atoms with Gasteiger partial charge in [-0.25, -0.2) is 4.79 Å². The summed E-state index contributed by atoms with van der Waals surface area (Å²) >= 11 is 0. The molecule has 0 fully saturated rings. The lowest BCUT2D eigenvalue weighted by Gasteiger charge is -2.02. The molecule has 0 spiro atoms. The normalized spacial score (nSPS) is 10.8. The molecule has 0 saturated carbocycles. The molecule has 23 heavy (non-hydrogen) atoms. The topological polar surface area (TPSA) is 62.0 Å². The van der Waals surface area contributed by atoms with Gasteiger partial charge in [-0.05, 0) is 47.5 Å². The van der Waals surface area contributed by atoms with Gasteiger partial charge < -0.3 is 5.11 Å². The lowest BCUT2D eigenvalue weighted by atomic mass is 10.1. The van der Waals surface area contributed by atoms with Gasteiger partial charge in [0.1, 0.15) is 0 Å². The highest BCUT2D eigenvalue weighted by Gasteiger charge is 2.01. The molecule has 3 aromatic carbocycles. The molecule has 0 aliphatic heterocycles. The molecular formula is C19H14N2O2. The van der Waals surface area contributed by atoms with Crippen molar-refractivity contribution in [2.75, 3.05) is 0 Å². The quantitative estimate of drug-likeness (QED) is 0.650. The zero-order valence-corrected chi connectivity index (χ0v) is 12.3. The molecule has 4 nitrogen and oxygen atoms in total. The van der Waals surface area contributed by atoms with Gasteiger partial charge in [0.05, 0.1) is 16.9 Å². The van der Waals surface area contributed by atoms with E-state index >= 15 is 0 Å². The van der Waals surface area contributed by atoms with Crippen molar-refractivity contribution in [2.24, 2.45) is 10.2 Å². The van der Waals surface area contributed by atoms with Gasteiger partial charge in [-0.1, -0.05) is 42.5 Å². The number of aromatic carboxylic acids is 1. The summed E-state index contributed by atoms with van der Waals surface area (Å²) in [6.45, 7) is 0. The largest absolute Gasteiger partial charge is 0.478 e. The highest BCUT2D eigenvalue weighted by atomic mass is 16.4. The first-order valence-electron chi connectivity index (χ1n) is 7.13. The van der Waals surface area contributed by atoms with E-state index in [9.17, 15) is 4.79 Å². The van der Waals surface area contributed by atoms with Crippen LogP contribution in [-0.4, -0.2) is 11.1 Å². The molecule has 0 aliphatic carbocycles. The van der Waals surface area contributed by atoms with Crippen LogP contribution in [0.4, 0.5) is 11.4 Å². The van der Waals surface area contributed by atoms with Crippen molar-refractivity contribution in [3.63, 3.8) is 0 Å². The summed E-state index contributed by atoms with van der Waals surface area (Å²) in [5, 5.41) is 17.2. The number of rotatable bonds is 4. The summed E-state index contributed by atoms with van der Waals surface area (Å²) in [7, 11) is 0. The first-order chi connectivity index (χ1) is 11.2. The van der Waals surface area contributed by atoms with Gasteiger partial charge in [0.25, 0.3) is 0 Å². The molecule has 0 amide bonds. The van der Waals surface area contributed by atoms with E-state index in [2.05, 4.69) is 10.2 Å². The van der Waals surface area contributed by atoms with Gasteiger partial charge in [0.15, 0.2) is 0 Å². The van der Waals surface area contributed by atoms with Crippen LogP contribution in [-0.2, 0) is 0 Å². The molecule has 4 heteroatoms. The third-order valence-electron chi connectivity index (χ3n) is 3.35. The maximum Gasteiger partial charge on any atom is 0.335 e. The Morgan fingerprint density at radius 2 is 1.35 bits per heavy atom. The Morgan fingerprint density at radius 3 is 2.04 bits per heavy atom. The summed E-state index contributed by atoms with van der Waals surface area (Å²) in [6.07, 6.45) is 0. The minimum absolute atomic E-state index is 0.232. The fraction of sp³-hybridized carbons (Fsp3) is 0. The number of benzene rings is 3. The van der Waals surface area contributed by atoms with Crippen LogP contribution in [0.15, 0.2) is 89.1 Å². The smallest absolute Gasteiger partial charge is 0.335 e. The van der Waals surface area contributed by atoms with Crippen molar-refractivity contribution in [3.05, 3.63) is 84.4 Å². The predicted molar refractivity (Wildman–Crippen MR) is 89.5 cm³/mol. The monoisotopic (exact) mass is 302 g/mol. The fourth-order valence-electron chi connectivity index (χ4n) is 2.16. The van der Waals surface area contributed by atoms with E-state index in [0.717, 1.165) is 16.8 Å². The van der Waals surface area contributed by atoms with Crippen molar-refractivity contribution in [3.8, 4) is 11.1 Å². The molecule has 0 saturated heterocycles. The van der Waals surface area contributed by atoms with Gasteiger partial charge in [0.2, 0.25) is 0 Å². The van der Waals surface area contributed by atoms with Crippen molar-refractivity contribution in [1.82, 2.24) is 0 Å². The second-order valence-corrected chi connectivity index (χ2v) is 4.97. The molecule has 0 radical (unpaired) electrons. The van der Waals surface area contributed by atoms with Gasteiger partial charge in [0, 0.05) is 0 Å². The Bertz CT molecular complexity index is 841. The van der Waals surface area contributed by atoms with Crippen LogP contribution in [0.5, 0.6) is 0 Å². The minimum atomic E-state index is -0.955. The highest BCUT2D eigenvalue weighted by Crippen LogP contribution is 2.25. The Labute approximate surface area is 133 Å². The molecule has 3 aromatic rings. The molecule has 112 valence electrons. The van der Waals surface area contributed by atoms with Crippen molar-refractivity contribution >= 4 is 17.3 Å². The molecule has 0 heterocycles. The number of hydrogen-bond donors (Lipinski definition) is 1. The average molecular weight is 302 g/mol. The highest BCUT2D eigenvalue weighted by molar-refractivity contribution is 5.87. The number of azo groups is 1.